The van der Waals surface area contributed by atoms with E-state index in [1.807, 2.05) is 0 Å². The summed E-state index contributed by atoms with van der Waals surface area (Å²) in [5, 5.41) is 4.85. The predicted molar refractivity (Wildman–Crippen MR) is 67.8 cm³/mol. The molecule has 86 valence electrons. The molecule has 0 aliphatic carbocycles. The Kier molecular flexibility index (Phi) is 5.58. The van der Waals surface area contributed by atoms with E-state index >= 15 is 0 Å². The molecule has 1 N–H and O–H groups in total. The number of aromatic nitrogens is 1. The largest absolute Gasteiger partial charge is 0.310 e. The fraction of sp³-hybridized carbons (Fsp3) is 0.727. The van der Waals surface area contributed by atoms with Crippen molar-refractivity contribution < 1.29 is 0 Å². The maximum Gasteiger partial charge on any atom is 0.107 e. The maximum atomic E-state index is 6.02. The van der Waals surface area contributed by atoms with Crippen LogP contribution < -0.4 is 5.32 Å². The highest BCUT2D eigenvalue weighted by molar-refractivity contribution is 7.11. The van der Waals surface area contributed by atoms with Gasteiger partial charge >= 0.3 is 0 Å². The van der Waals surface area contributed by atoms with Gasteiger partial charge in [0.1, 0.15) is 5.01 Å². The summed E-state index contributed by atoms with van der Waals surface area (Å²) in [5.74, 6) is 0. The van der Waals surface area contributed by atoms with Crippen LogP contribution in [0.15, 0.2) is 0 Å². The molecule has 0 saturated carbocycles. The molecule has 1 heterocycles. The fourth-order valence-electron chi connectivity index (χ4n) is 1.27. The molecule has 0 fully saturated rings. The van der Waals surface area contributed by atoms with Crippen molar-refractivity contribution in [2.45, 2.75) is 45.5 Å². The molecule has 1 atom stereocenters. The zero-order valence-corrected chi connectivity index (χ0v) is 11.2. The van der Waals surface area contributed by atoms with Crippen molar-refractivity contribution in [2.24, 2.45) is 0 Å². The highest BCUT2D eigenvalue weighted by atomic mass is 35.5. The summed E-state index contributed by atoms with van der Waals surface area (Å²) in [6, 6.07) is 0. The minimum absolute atomic E-state index is 0.303. The van der Waals surface area contributed by atoms with Crippen LogP contribution in [0.3, 0.4) is 0 Å². The standard InChI is InChI=1S/C11H19ClN2S/c1-4-10(12)5-6-13-7-11-14-8(2)9(3)15-11/h10,13H,4-7H2,1-3H3. The Labute approximate surface area is 101 Å². The summed E-state index contributed by atoms with van der Waals surface area (Å²) in [4.78, 5) is 5.79. The van der Waals surface area contributed by atoms with E-state index in [2.05, 4.69) is 31.1 Å². The molecule has 0 saturated heterocycles. The fourth-order valence-corrected chi connectivity index (χ4v) is 2.29. The molecule has 4 heteroatoms. The molecule has 0 aromatic carbocycles. The number of nitrogens with one attached hydrogen (secondary N) is 1. The first-order valence-corrected chi connectivity index (χ1v) is 6.66. The van der Waals surface area contributed by atoms with Crippen molar-refractivity contribution >= 4 is 22.9 Å². The lowest BCUT2D eigenvalue weighted by molar-refractivity contribution is 0.620. The molecule has 1 unspecified atom stereocenters. The normalized spacial score (nSPS) is 13.1. The van der Waals surface area contributed by atoms with Crippen LogP contribution in [-0.2, 0) is 6.54 Å². The van der Waals surface area contributed by atoms with Crippen LogP contribution in [0.5, 0.6) is 0 Å². The molecular formula is C11H19ClN2S. The van der Waals surface area contributed by atoms with Gasteiger partial charge in [-0.3, -0.25) is 0 Å². The molecule has 0 aliphatic rings. The zero-order chi connectivity index (χ0) is 11.3. The number of halogens is 1. The summed E-state index contributed by atoms with van der Waals surface area (Å²) in [6.07, 6.45) is 2.07. The molecular weight excluding hydrogens is 228 g/mol. The lowest BCUT2D eigenvalue weighted by Gasteiger charge is -2.06. The first-order chi connectivity index (χ1) is 7.13. The number of thiazole rings is 1. The molecule has 1 aromatic heterocycles. The highest BCUT2D eigenvalue weighted by Crippen LogP contribution is 2.16. The minimum atomic E-state index is 0.303. The van der Waals surface area contributed by atoms with Crippen molar-refractivity contribution in [3.05, 3.63) is 15.6 Å². The number of nitrogens with zero attached hydrogens (tertiary/aromatic N) is 1. The van der Waals surface area contributed by atoms with Gasteiger partial charge in [-0.2, -0.15) is 0 Å². The van der Waals surface area contributed by atoms with E-state index < -0.39 is 0 Å². The molecule has 0 radical (unpaired) electrons. The van der Waals surface area contributed by atoms with E-state index in [-0.39, 0.29) is 0 Å². The molecule has 15 heavy (non-hydrogen) atoms. The zero-order valence-electron chi connectivity index (χ0n) is 9.64. The number of hydrogen-bond donors (Lipinski definition) is 1. The van der Waals surface area contributed by atoms with E-state index in [0.717, 1.165) is 31.6 Å². The van der Waals surface area contributed by atoms with Crippen LogP contribution in [0.4, 0.5) is 0 Å². The average Bonchev–Trinajstić information content (AvgIpc) is 2.53. The first kappa shape index (κ1) is 12.9. The van der Waals surface area contributed by atoms with Crippen LogP contribution in [0.25, 0.3) is 0 Å². The van der Waals surface area contributed by atoms with Gasteiger partial charge < -0.3 is 5.32 Å². The first-order valence-electron chi connectivity index (χ1n) is 5.41. The Bertz CT molecular complexity index is 279. The highest BCUT2D eigenvalue weighted by Gasteiger charge is 2.04. The quantitative estimate of drug-likeness (QED) is 0.616. The van der Waals surface area contributed by atoms with Crippen LogP contribution in [0.2, 0.25) is 0 Å². The second-order valence-corrected chi connectivity index (χ2v) is 5.63. The predicted octanol–water partition coefficient (Wildman–Crippen LogP) is 3.26. The van der Waals surface area contributed by atoms with E-state index in [0.29, 0.717) is 5.38 Å². The van der Waals surface area contributed by atoms with Crippen LogP contribution in [-0.4, -0.2) is 16.9 Å². The number of alkyl halides is 1. The van der Waals surface area contributed by atoms with Crippen LogP contribution in [0.1, 0.15) is 35.3 Å². The van der Waals surface area contributed by atoms with Crippen molar-refractivity contribution in [2.75, 3.05) is 6.54 Å². The third kappa shape index (κ3) is 4.49. The lowest BCUT2D eigenvalue weighted by atomic mass is 10.2. The minimum Gasteiger partial charge on any atom is -0.310 e. The van der Waals surface area contributed by atoms with E-state index in [1.165, 1.54) is 9.88 Å². The summed E-state index contributed by atoms with van der Waals surface area (Å²) in [6.45, 7) is 8.13. The molecule has 0 amide bonds. The molecule has 0 spiro atoms. The Hall–Kier alpha value is -0.120. The van der Waals surface area contributed by atoms with Crippen LogP contribution >= 0.6 is 22.9 Å². The topological polar surface area (TPSA) is 24.9 Å². The molecule has 1 aromatic rings. The molecule has 0 bridgehead atoms. The van der Waals surface area contributed by atoms with Crippen molar-refractivity contribution in [3.63, 3.8) is 0 Å². The Morgan fingerprint density at radius 1 is 1.47 bits per heavy atom. The van der Waals surface area contributed by atoms with Gasteiger partial charge in [0.25, 0.3) is 0 Å². The van der Waals surface area contributed by atoms with Gasteiger partial charge in [-0.05, 0) is 33.2 Å². The molecule has 0 aliphatic heterocycles. The average molecular weight is 247 g/mol. The van der Waals surface area contributed by atoms with Crippen LogP contribution in [0, 0.1) is 13.8 Å². The summed E-state index contributed by atoms with van der Waals surface area (Å²) < 4.78 is 0. The summed E-state index contributed by atoms with van der Waals surface area (Å²) in [7, 11) is 0. The second kappa shape index (κ2) is 6.46. The second-order valence-electron chi connectivity index (χ2n) is 3.72. The van der Waals surface area contributed by atoms with Gasteiger partial charge in [-0.1, -0.05) is 6.92 Å². The third-order valence-electron chi connectivity index (χ3n) is 2.43. The third-order valence-corrected chi connectivity index (χ3v) is 4.03. The lowest BCUT2D eigenvalue weighted by Crippen LogP contribution is -2.17. The maximum absolute atomic E-state index is 6.02. The number of hydrogen-bond acceptors (Lipinski definition) is 3. The van der Waals surface area contributed by atoms with Gasteiger partial charge in [-0.15, -0.1) is 22.9 Å². The van der Waals surface area contributed by atoms with Gasteiger partial charge in [0, 0.05) is 16.8 Å². The van der Waals surface area contributed by atoms with Crippen molar-refractivity contribution in [3.8, 4) is 0 Å². The SMILES string of the molecule is CCC(Cl)CCNCc1nc(C)c(C)s1. The monoisotopic (exact) mass is 246 g/mol. The van der Waals surface area contributed by atoms with E-state index in [4.69, 9.17) is 11.6 Å². The van der Waals surface area contributed by atoms with E-state index in [1.54, 1.807) is 11.3 Å². The van der Waals surface area contributed by atoms with Crippen molar-refractivity contribution in [1.29, 1.82) is 0 Å². The summed E-state index contributed by atoms with van der Waals surface area (Å²) >= 11 is 7.80. The summed E-state index contributed by atoms with van der Waals surface area (Å²) in [5.41, 5.74) is 1.15. The van der Waals surface area contributed by atoms with E-state index in [9.17, 15) is 0 Å². The number of aryl methyl sites for hydroxylation is 2. The molecule has 1 rings (SSSR count). The Balaban J connectivity index is 2.20. The van der Waals surface area contributed by atoms with Gasteiger partial charge in [-0.25, -0.2) is 4.98 Å². The smallest absolute Gasteiger partial charge is 0.107 e. The number of rotatable bonds is 6. The van der Waals surface area contributed by atoms with Gasteiger partial charge in [0.2, 0.25) is 0 Å². The Morgan fingerprint density at radius 2 is 2.20 bits per heavy atom. The van der Waals surface area contributed by atoms with Gasteiger partial charge in [0.15, 0.2) is 0 Å². The Morgan fingerprint density at radius 3 is 2.73 bits per heavy atom. The molecule has 2 nitrogen and oxygen atoms in total. The van der Waals surface area contributed by atoms with Crippen molar-refractivity contribution in [1.82, 2.24) is 10.3 Å². The van der Waals surface area contributed by atoms with Gasteiger partial charge in [0.05, 0.1) is 5.69 Å².